The zero-order valence-corrected chi connectivity index (χ0v) is 14.3. The second-order valence-electron chi connectivity index (χ2n) is 5.74. The van der Waals surface area contributed by atoms with Gasteiger partial charge in [0, 0.05) is 29.6 Å². The van der Waals surface area contributed by atoms with Crippen molar-refractivity contribution in [1.29, 1.82) is 0 Å². The number of hydrogen-bond donors (Lipinski definition) is 0. The van der Waals surface area contributed by atoms with Crippen LogP contribution in [0.15, 0.2) is 54.6 Å². The number of hydrogen-bond acceptors (Lipinski definition) is 3. The van der Waals surface area contributed by atoms with Gasteiger partial charge in [0.05, 0.1) is 13.2 Å². The zero-order chi connectivity index (χ0) is 16.8. The quantitative estimate of drug-likeness (QED) is 0.838. The Morgan fingerprint density at radius 2 is 1.67 bits per heavy atom. The molecule has 1 aliphatic rings. The fraction of sp³-hybridized carbons (Fsp3) is 0.316. The van der Waals surface area contributed by atoms with E-state index in [0.717, 1.165) is 16.7 Å². The molecular weight excluding hydrogens is 322 g/mol. The lowest BCUT2D eigenvalue weighted by Gasteiger charge is -2.26. The van der Waals surface area contributed by atoms with E-state index in [1.165, 1.54) is 0 Å². The topological polar surface area (TPSA) is 46.6 Å². The van der Waals surface area contributed by atoms with Crippen LogP contribution in [-0.2, 0) is 26.1 Å². The molecule has 0 N–H and O–H groups in total. The second-order valence-corrected chi connectivity index (χ2v) is 7.20. The van der Waals surface area contributed by atoms with Crippen LogP contribution in [0, 0.1) is 0 Å². The minimum Gasteiger partial charge on any atom is -0.378 e. The van der Waals surface area contributed by atoms with Crippen LogP contribution >= 0.6 is 0 Å². The summed E-state index contributed by atoms with van der Waals surface area (Å²) in [5.41, 5.74) is 3.19. The Balaban J connectivity index is 1.67. The van der Waals surface area contributed by atoms with Crippen LogP contribution in [0.1, 0.15) is 5.56 Å². The van der Waals surface area contributed by atoms with E-state index in [4.69, 9.17) is 4.74 Å². The van der Waals surface area contributed by atoms with Crippen molar-refractivity contribution < 1.29 is 13.7 Å². The van der Waals surface area contributed by atoms with Crippen LogP contribution in [0.4, 0.5) is 0 Å². The Hall–Kier alpha value is -1.98. The summed E-state index contributed by atoms with van der Waals surface area (Å²) in [6, 6.07) is 18.0. The van der Waals surface area contributed by atoms with E-state index in [1.54, 1.807) is 4.90 Å². The molecule has 5 heteroatoms. The fourth-order valence-corrected chi connectivity index (χ4v) is 3.97. The molecule has 0 radical (unpaired) electrons. The zero-order valence-electron chi connectivity index (χ0n) is 13.5. The van der Waals surface area contributed by atoms with Gasteiger partial charge in [-0.2, -0.15) is 0 Å². The van der Waals surface area contributed by atoms with Gasteiger partial charge in [-0.15, -0.1) is 0 Å². The summed E-state index contributed by atoms with van der Waals surface area (Å²) in [5.74, 6) is 0.415. The van der Waals surface area contributed by atoms with E-state index in [9.17, 15) is 9.00 Å². The monoisotopic (exact) mass is 343 g/mol. The van der Waals surface area contributed by atoms with Gasteiger partial charge in [0.1, 0.15) is 5.75 Å². The van der Waals surface area contributed by atoms with E-state index in [2.05, 4.69) is 0 Å². The maximum absolute atomic E-state index is 12.5. The molecule has 2 aromatic carbocycles. The molecule has 0 aromatic heterocycles. The molecular formula is C19H21NO3S. The van der Waals surface area contributed by atoms with Gasteiger partial charge < -0.3 is 9.64 Å². The Bertz CT molecular complexity index is 712. The summed E-state index contributed by atoms with van der Waals surface area (Å²) < 4.78 is 17.7. The van der Waals surface area contributed by atoms with Gasteiger partial charge in [-0.3, -0.25) is 9.00 Å². The van der Waals surface area contributed by atoms with E-state index in [1.807, 2.05) is 54.6 Å². The van der Waals surface area contributed by atoms with E-state index >= 15 is 0 Å². The van der Waals surface area contributed by atoms with Gasteiger partial charge in [-0.05, 0) is 16.7 Å². The number of carbonyl (C=O) groups excluding carboxylic acids is 1. The number of carbonyl (C=O) groups is 1. The number of benzene rings is 2. The maximum atomic E-state index is 12.5. The van der Waals surface area contributed by atoms with Crippen molar-refractivity contribution in [2.45, 2.75) is 5.75 Å². The van der Waals surface area contributed by atoms with Crippen molar-refractivity contribution in [2.24, 2.45) is 0 Å². The first-order chi connectivity index (χ1) is 11.7. The largest absolute Gasteiger partial charge is 0.378 e. The number of rotatable bonds is 5. The molecule has 24 heavy (non-hydrogen) atoms. The number of nitrogens with zero attached hydrogens (tertiary/aromatic N) is 1. The highest BCUT2D eigenvalue weighted by atomic mass is 32.2. The molecule has 0 spiro atoms. The summed E-state index contributed by atoms with van der Waals surface area (Å²) in [6.07, 6.45) is 0. The number of morpholine rings is 1. The minimum absolute atomic E-state index is 0.0474. The molecule has 1 atom stereocenters. The van der Waals surface area contributed by atoms with Gasteiger partial charge in [0.2, 0.25) is 5.91 Å². The summed E-state index contributed by atoms with van der Waals surface area (Å²) in [6.45, 7) is 2.32. The van der Waals surface area contributed by atoms with Gasteiger partial charge in [-0.1, -0.05) is 54.6 Å². The molecule has 0 aliphatic carbocycles. The average Bonchev–Trinajstić information content (AvgIpc) is 2.63. The van der Waals surface area contributed by atoms with Crippen LogP contribution in [0.5, 0.6) is 0 Å². The molecule has 1 heterocycles. The lowest BCUT2D eigenvalue weighted by molar-refractivity contribution is -0.132. The molecule has 1 saturated heterocycles. The molecule has 2 aromatic rings. The third-order valence-electron chi connectivity index (χ3n) is 4.07. The van der Waals surface area contributed by atoms with E-state index in [-0.39, 0.29) is 11.7 Å². The predicted molar refractivity (Wildman–Crippen MR) is 96.0 cm³/mol. The molecule has 0 saturated carbocycles. The van der Waals surface area contributed by atoms with Gasteiger partial charge in [-0.25, -0.2) is 0 Å². The van der Waals surface area contributed by atoms with Crippen LogP contribution < -0.4 is 0 Å². The predicted octanol–water partition coefficient (Wildman–Crippen LogP) is 2.46. The first-order valence-corrected chi connectivity index (χ1v) is 9.56. The Labute approximate surface area is 144 Å². The highest BCUT2D eigenvalue weighted by Crippen LogP contribution is 2.24. The van der Waals surface area contributed by atoms with Crippen molar-refractivity contribution in [2.75, 3.05) is 32.1 Å². The van der Waals surface area contributed by atoms with E-state index < -0.39 is 10.8 Å². The van der Waals surface area contributed by atoms with Crippen LogP contribution in [-0.4, -0.2) is 47.1 Å². The number of amides is 1. The minimum atomic E-state index is -1.22. The molecule has 1 amide bonds. The van der Waals surface area contributed by atoms with Crippen LogP contribution in [0.3, 0.4) is 0 Å². The van der Waals surface area contributed by atoms with Crippen LogP contribution in [0.2, 0.25) is 0 Å². The van der Waals surface area contributed by atoms with Crippen molar-refractivity contribution in [1.82, 2.24) is 4.90 Å². The van der Waals surface area contributed by atoms with Crippen LogP contribution in [0.25, 0.3) is 11.1 Å². The molecule has 1 fully saturated rings. The van der Waals surface area contributed by atoms with Gasteiger partial charge >= 0.3 is 0 Å². The maximum Gasteiger partial charge on any atom is 0.235 e. The van der Waals surface area contributed by atoms with Gasteiger partial charge in [0.15, 0.2) is 0 Å². The van der Waals surface area contributed by atoms with Crippen molar-refractivity contribution in [3.63, 3.8) is 0 Å². The van der Waals surface area contributed by atoms with Crippen molar-refractivity contribution in [3.8, 4) is 11.1 Å². The highest BCUT2D eigenvalue weighted by Gasteiger charge is 2.19. The molecule has 1 unspecified atom stereocenters. The van der Waals surface area contributed by atoms with Crippen molar-refractivity contribution >= 4 is 16.7 Å². The Morgan fingerprint density at radius 1 is 1.00 bits per heavy atom. The number of ether oxygens (including phenoxy) is 1. The lowest BCUT2D eigenvalue weighted by Crippen LogP contribution is -2.42. The summed E-state index contributed by atoms with van der Waals surface area (Å²) in [5, 5.41) is 0. The Kier molecular flexibility index (Phi) is 5.77. The first-order valence-electron chi connectivity index (χ1n) is 8.08. The Morgan fingerprint density at radius 3 is 2.42 bits per heavy atom. The summed E-state index contributed by atoms with van der Waals surface area (Å²) >= 11 is 0. The SMILES string of the molecule is O=C(CS(=O)Cc1ccccc1-c1ccccc1)N1CCOCC1. The third-order valence-corrected chi connectivity index (χ3v) is 5.27. The molecule has 3 rings (SSSR count). The summed E-state index contributed by atoms with van der Waals surface area (Å²) in [7, 11) is -1.22. The summed E-state index contributed by atoms with van der Waals surface area (Å²) in [4.78, 5) is 14.0. The second kappa shape index (κ2) is 8.22. The standard InChI is InChI=1S/C19H21NO3S/c21-19(20-10-12-23-13-11-20)15-24(22)14-17-8-4-5-9-18(17)16-6-2-1-3-7-16/h1-9H,10-15H2. The average molecular weight is 343 g/mol. The third kappa shape index (κ3) is 4.30. The first kappa shape index (κ1) is 16.9. The highest BCUT2D eigenvalue weighted by molar-refractivity contribution is 7.84. The smallest absolute Gasteiger partial charge is 0.235 e. The molecule has 126 valence electrons. The van der Waals surface area contributed by atoms with E-state index in [0.29, 0.717) is 32.1 Å². The molecule has 4 nitrogen and oxygen atoms in total. The van der Waals surface area contributed by atoms with Crippen molar-refractivity contribution in [3.05, 3.63) is 60.2 Å². The lowest BCUT2D eigenvalue weighted by atomic mass is 10.0. The molecule has 1 aliphatic heterocycles. The normalized spacial score (nSPS) is 15.9. The molecule has 0 bridgehead atoms. The fourth-order valence-electron chi connectivity index (χ4n) is 2.81. The van der Waals surface area contributed by atoms with Gasteiger partial charge in [0.25, 0.3) is 0 Å².